The molecule has 0 aliphatic carbocycles. The third-order valence-corrected chi connectivity index (χ3v) is 6.16. The highest BCUT2D eigenvalue weighted by atomic mass is 35.5. The number of hydrogen-bond acceptors (Lipinski definition) is 7. The zero-order valence-corrected chi connectivity index (χ0v) is 23.3. The lowest BCUT2D eigenvalue weighted by Gasteiger charge is -2.24. The van der Waals surface area contributed by atoms with Gasteiger partial charge in [-0.05, 0) is 49.9 Å². The quantitative estimate of drug-likeness (QED) is 0.185. The van der Waals surface area contributed by atoms with Crippen molar-refractivity contribution in [3.63, 3.8) is 0 Å². The fourth-order valence-electron chi connectivity index (χ4n) is 3.56. The summed E-state index contributed by atoms with van der Waals surface area (Å²) in [6, 6.07) is 7.69. The standard InChI is InChI=1S/C28H41ClN6O2/c1-6-16-30-23-10-12-24(13-11-23)32-28-31-18-22(4)26(34-28)35(5)17-14-21(3)27(37)33-25(19-36)20(2)9-7-8-15-29/h7-8,10-14,17-18,20-21,25,30,36H,6,9,15-16,19H2,1-5H3,(H,33,37)(H,31,32,34)/b8-7-,17-14-. The molecule has 9 heteroatoms. The minimum absolute atomic E-state index is 0.0886. The van der Waals surface area contributed by atoms with Crippen LogP contribution in [0.5, 0.6) is 0 Å². The molecule has 0 saturated heterocycles. The molecule has 8 nitrogen and oxygen atoms in total. The monoisotopic (exact) mass is 528 g/mol. The second kappa shape index (κ2) is 15.9. The van der Waals surface area contributed by atoms with E-state index in [-0.39, 0.29) is 30.4 Å². The van der Waals surface area contributed by atoms with Crippen molar-refractivity contribution in [2.75, 3.05) is 41.6 Å². The Hall–Kier alpha value is -3.10. The molecule has 1 aromatic carbocycles. The van der Waals surface area contributed by atoms with E-state index in [0.29, 0.717) is 11.8 Å². The van der Waals surface area contributed by atoms with Crippen molar-refractivity contribution in [1.82, 2.24) is 15.3 Å². The van der Waals surface area contributed by atoms with E-state index in [1.807, 2.05) is 81.4 Å². The molecule has 3 unspecified atom stereocenters. The fourth-order valence-corrected chi connectivity index (χ4v) is 3.68. The molecule has 0 spiro atoms. The number of nitrogens with one attached hydrogen (secondary N) is 3. The summed E-state index contributed by atoms with van der Waals surface area (Å²) in [4.78, 5) is 23.7. The molecular weight excluding hydrogens is 488 g/mol. The number of benzene rings is 1. The van der Waals surface area contributed by atoms with E-state index < -0.39 is 0 Å². The average Bonchev–Trinajstić information content (AvgIpc) is 2.90. The first-order chi connectivity index (χ1) is 17.8. The maximum Gasteiger partial charge on any atom is 0.229 e. The molecule has 1 heterocycles. The van der Waals surface area contributed by atoms with Crippen LogP contribution in [0, 0.1) is 18.8 Å². The first kappa shape index (κ1) is 30.1. The summed E-state index contributed by atoms with van der Waals surface area (Å²) in [7, 11) is 1.89. The Bertz CT molecular complexity index is 1030. The summed E-state index contributed by atoms with van der Waals surface area (Å²) >= 11 is 5.67. The third kappa shape index (κ3) is 10.1. The molecule has 202 valence electrons. The second-order valence-corrected chi connectivity index (χ2v) is 9.52. The lowest BCUT2D eigenvalue weighted by atomic mass is 9.97. The lowest BCUT2D eigenvalue weighted by Crippen LogP contribution is -2.43. The minimum atomic E-state index is -0.387. The Morgan fingerprint density at radius 3 is 2.54 bits per heavy atom. The number of rotatable bonds is 15. The Kier molecular flexibility index (Phi) is 12.9. The van der Waals surface area contributed by atoms with Gasteiger partial charge in [0.15, 0.2) is 0 Å². The number of allylic oxidation sites excluding steroid dienone is 2. The number of amides is 1. The van der Waals surface area contributed by atoms with E-state index in [1.165, 1.54) is 0 Å². The summed E-state index contributed by atoms with van der Waals surface area (Å²) in [6.45, 7) is 8.71. The summed E-state index contributed by atoms with van der Waals surface area (Å²) in [6.07, 6.45) is 11.1. The molecule has 1 aromatic heterocycles. The summed E-state index contributed by atoms with van der Waals surface area (Å²) in [5.41, 5.74) is 2.88. The Morgan fingerprint density at radius 1 is 1.19 bits per heavy atom. The van der Waals surface area contributed by atoms with Crippen LogP contribution in [-0.4, -0.2) is 53.1 Å². The molecule has 1 amide bonds. The largest absolute Gasteiger partial charge is 0.394 e. The highest BCUT2D eigenvalue weighted by Gasteiger charge is 2.20. The number of aliphatic hydroxyl groups excluding tert-OH is 1. The van der Waals surface area contributed by atoms with Crippen LogP contribution in [0.2, 0.25) is 0 Å². The molecule has 0 aliphatic rings. The Labute approximate surface area is 226 Å². The van der Waals surface area contributed by atoms with E-state index in [9.17, 15) is 9.90 Å². The van der Waals surface area contributed by atoms with E-state index in [4.69, 9.17) is 11.6 Å². The van der Waals surface area contributed by atoms with Crippen LogP contribution >= 0.6 is 11.6 Å². The maximum absolute atomic E-state index is 12.7. The summed E-state index contributed by atoms with van der Waals surface area (Å²) in [5.74, 6) is 1.23. The molecule has 37 heavy (non-hydrogen) atoms. The number of nitrogens with zero attached hydrogens (tertiary/aromatic N) is 3. The van der Waals surface area contributed by atoms with Crippen molar-refractivity contribution in [2.45, 2.75) is 46.6 Å². The van der Waals surface area contributed by atoms with Crippen LogP contribution in [0.25, 0.3) is 0 Å². The predicted octanol–water partition coefficient (Wildman–Crippen LogP) is 5.23. The van der Waals surface area contributed by atoms with Crippen molar-refractivity contribution in [1.29, 1.82) is 0 Å². The van der Waals surface area contributed by atoms with Crippen LogP contribution in [0.1, 0.15) is 39.2 Å². The topological polar surface area (TPSA) is 102 Å². The number of alkyl halides is 1. The third-order valence-electron chi connectivity index (χ3n) is 5.99. The molecule has 2 aromatic rings. The SMILES string of the molecule is CCCNc1ccc(Nc2ncc(C)c(N(C)/C=C\C(C)C(=O)NC(CO)C(C)C/C=C\CCl)n2)cc1. The van der Waals surface area contributed by atoms with Gasteiger partial charge in [-0.15, -0.1) is 11.6 Å². The van der Waals surface area contributed by atoms with Gasteiger partial charge in [0.25, 0.3) is 0 Å². The smallest absolute Gasteiger partial charge is 0.229 e. The highest BCUT2D eigenvalue weighted by molar-refractivity contribution is 6.18. The van der Waals surface area contributed by atoms with E-state index >= 15 is 0 Å². The number of aromatic nitrogens is 2. The van der Waals surface area contributed by atoms with Crippen molar-refractivity contribution in [3.05, 3.63) is 60.5 Å². The van der Waals surface area contributed by atoms with Gasteiger partial charge in [-0.3, -0.25) is 4.79 Å². The lowest BCUT2D eigenvalue weighted by molar-refractivity contribution is -0.124. The van der Waals surface area contributed by atoms with Crippen molar-refractivity contribution in [3.8, 4) is 0 Å². The van der Waals surface area contributed by atoms with Crippen LogP contribution in [0.15, 0.2) is 54.9 Å². The first-order valence-electron chi connectivity index (χ1n) is 12.8. The number of aliphatic hydroxyl groups is 1. The van der Waals surface area contributed by atoms with Gasteiger partial charge in [-0.1, -0.05) is 39.0 Å². The summed E-state index contributed by atoms with van der Waals surface area (Å²) in [5, 5.41) is 19.3. The molecule has 2 rings (SSSR count). The molecular formula is C28H41ClN6O2. The van der Waals surface area contributed by atoms with Crippen molar-refractivity contribution in [2.24, 2.45) is 11.8 Å². The molecule has 0 aliphatic heterocycles. The van der Waals surface area contributed by atoms with Gasteiger partial charge in [0, 0.05) is 48.8 Å². The number of anilines is 4. The highest BCUT2D eigenvalue weighted by Crippen LogP contribution is 2.21. The molecule has 0 fully saturated rings. The van der Waals surface area contributed by atoms with Crippen LogP contribution in [0.3, 0.4) is 0 Å². The number of carbonyl (C=O) groups is 1. The van der Waals surface area contributed by atoms with Gasteiger partial charge in [0.1, 0.15) is 5.82 Å². The molecule has 0 radical (unpaired) electrons. The Balaban J connectivity index is 2.00. The van der Waals surface area contributed by atoms with E-state index in [1.54, 1.807) is 6.20 Å². The molecule has 0 saturated carbocycles. The Morgan fingerprint density at radius 2 is 1.89 bits per heavy atom. The number of aryl methyl sites for hydroxylation is 1. The van der Waals surface area contributed by atoms with Gasteiger partial charge in [-0.2, -0.15) is 4.98 Å². The van der Waals surface area contributed by atoms with Gasteiger partial charge >= 0.3 is 0 Å². The molecule has 3 atom stereocenters. The second-order valence-electron chi connectivity index (χ2n) is 9.21. The van der Waals surface area contributed by atoms with Crippen LogP contribution in [0.4, 0.5) is 23.1 Å². The van der Waals surface area contributed by atoms with E-state index in [2.05, 4.69) is 32.8 Å². The van der Waals surface area contributed by atoms with Crippen molar-refractivity contribution < 1.29 is 9.90 Å². The zero-order chi connectivity index (χ0) is 27.2. The zero-order valence-electron chi connectivity index (χ0n) is 22.5. The molecule has 4 N–H and O–H groups in total. The first-order valence-corrected chi connectivity index (χ1v) is 13.3. The van der Waals surface area contributed by atoms with Crippen LogP contribution < -0.4 is 20.9 Å². The maximum atomic E-state index is 12.7. The average molecular weight is 529 g/mol. The van der Waals surface area contributed by atoms with Gasteiger partial charge in [0.05, 0.1) is 18.6 Å². The molecule has 0 bridgehead atoms. The number of halogens is 1. The predicted molar refractivity (Wildman–Crippen MR) is 155 cm³/mol. The minimum Gasteiger partial charge on any atom is -0.394 e. The van der Waals surface area contributed by atoms with Gasteiger partial charge in [-0.25, -0.2) is 4.98 Å². The number of carbonyl (C=O) groups excluding carboxylic acids is 1. The summed E-state index contributed by atoms with van der Waals surface area (Å²) < 4.78 is 0. The van der Waals surface area contributed by atoms with Gasteiger partial charge in [0.2, 0.25) is 11.9 Å². The number of hydrogen-bond donors (Lipinski definition) is 4. The van der Waals surface area contributed by atoms with Crippen molar-refractivity contribution >= 4 is 40.6 Å². The van der Waals surface area contributed by atoms with Crippen LogP contribution in [-0.2, 0) is 4.79 Å². The van der Waals surface area contributed by atoms with E-state index in [0.717, 1.165) is 42.1 Å². The fraction of sp³-hybridized carbons (Fsp3) is 0.464. The van der Waals surface area contributed by atoms with Gasteiger partial charge < -0.3 is 26.0 Å². The normalized spacial score (nSPS) is 13.9.